The Balaban J connectivity index is 1.78. The molecule has 1 saturated carbocycles. The van der Waals surface area contributed by atoms with E-state index in [1.54, 1.807) is 30.3 Å². The molecule has 2 fully saturated rings. The van der Waals surface area contributed by atoms with Crippen LogP contribution < -0.4 is 0 Å². The second-order valence-corrected chi connectivity index (χ2v) is 5.60. The van der Waals surface area contributed by atoms with Crippen molar-refractivity contribution >= 4 is 5.91 Å². The van der Waals surface area contributed by atoms with Gasteiger partial charge in [0.25, 0.3) is 0 Å². The Labute approximate surface area is 120 Å². The Hall–Kier alpha value is -1.56. The lowest BCUT2D eigenvalue weighted by molar-refractivity contribution is -0.189. The molecule has 0 aromatic heterocycles. The van der Waals surface area contributed by atoms with Gasteiger partial charge in [-0.3, -0.25) is 4.79 Å². The third kappa shape index (κ3) is 3.20. The standard InChI is InChI=1S/C15H16F3NO2/c16-15(17,18)14(20)19(9-10-4-2-1-3-5-10)11-6-7-12-13(8-11)21-12/h1-5,11-13H,6-9H2/t11-,12+,13-/m0/s1. The average Bonchev–Trinajstić information content (AvgIpc) is 3.22. The molecule has 3 rings (SSSR count). The summed E-state index contributed by atoms with van der Waals surface area (Å²) in [7, 11) is 0. The van der Waals surface area contributed by atoms with Crippen molar-refractivity contribution in [1.29, 1.82) is 0 Å². The molecule has 0 spiro atoms. The van der Waals surface area contributed by atoms with Crippen molar-refractivity contribution in [3.63, 3.8) is 0 Å². The summed E-state index contributed by atoms with van der Waals surface area (Å²) in [6.45, 7) is -0.0127. The highest BCUT2D eigenvalue weighted by molar-refractivity contribution is 5.82. The second-order valence-electron chi connectivity index (χ2n) is 5.60. The zero-order valence-electron chi connectivity index (χ0n) is 11.3. The number of alkyl halides is 3. The molecule has 2 aliphatic rings. The van der Waals surface area contributed by atoms with E-state index in [-0.39, 0.29) is 18.8 Å². The predicted molar refractivity (Wildman–Crippen MR) is 69.3 cm³/mol. The first kappa shape index (κ1) is 14.4. The lowest BCUT2D eigenvalue weighted by atomic mass is 9.93. The SMILES string of the molecule is O=C(N(Cc1ccccc1)[C@H]1CC[C@H]2O[C@H]2C1)C(F)(F)F. The summed E-state index contributed by atoms with van der Waals surface area (Å²) in [4.78, 5) is 12.7. The molecule has 0 N–H and O–H groups in total. The van der Waals surface area contributed by atoms with Crippen LogP contribution in [0.2, 0.25) is 0 Å². The fourth-order valence-electron chi connectivity index (χ4n) is 2.98. The van der Waals surface area contributed by atoms with Crippen molar-refractivity contribution in [2.45, 2.75) is 50.2 Å². The van der Waals surface area contributed by atoms with Crippen LogP contribution in [0.3, 0.4) is 0 Å². The van der Waals surface area contributed by atoms with Gasteiger partial charge in [0.15, 0.2) is 0 Å². The van der Waals surface area contributed by atoms with Gasteiger partial charge in [0.05, 0.1) is 12.2 Å². The normalized spacial score (nSPS) is 27.9. The smallest absolute Gasteiger partial charge is 0.370 e. The van der Waals surface area contributed by atoms with Gasteiger partial charge in [-0.2, -0.15) is 13.2 Å². The van der Waals surface area contributed by atoms with Gasteiger partial charge in [-0.25, -0.2) is 0 Å². The van der Waals surface area contributed by atoms with Gasteiger partial charge in [0.1, 0.15) is 0 Å². The van der Waals surface area contributed by atoms with E-state index >= 15 is 0 Å². The molecule has 114 valence electrons. The molecule has 1 aliphatic heterocycles. The molecule has 1 aliphatic carbocycles. The number of fused-ring (bicyclic) bond motifs is 1. The van der Waals surface area contributed by atoms with Crippen LogP contribution in [-0.4, -0.2) is 35.2 Å². The van der Waals surface area contributed by atoms with Crippen molar-refractivity contribution in [1.82, 2.24) is 4.90 Å². The molecule has 6 heteroatoms. The third-order valence-electron chi connectivity index (χ3n) is 4.12. The zero-order chi connectivity index (χ0) is 15.0. The lowest BCUT2D eigenvalue weighted by Crippen LogP contribution is -2.48. The molecule has 3 atom stereocenters. The number of halogens is 3. The minimum Gasteiger partial charge on any atom is -0.370 e. The Morgan fingerprint density at radius 1 is 1.19 bits per heavy atom. The summed E-state index contributed by atoms with van der Waals surface area (Å²) in [5.41, 5.74) is 0.703. The molecule has 1 heterocycles. The topological polar surface area (TPSA) is 32.8 Å². The van der Waals surface area contributed by atoms with E-state index in [0.717, 1.165) is 11.3 Å². The molecular formula is C15H16F3NO2. The monoisotopic (exact) mass is 299 g/mol. The number of epoxide rings is 1. The second kappa shape index (κ2) is 5.33. The molecule has 0 bridgehead atoms. The molecule has 1 aromatic carbocycles. The zero-order valence-corrected chi connectivity index (χ0v) is 11.3. The van der Waals surface area contributed by atoms with Gasteiger partial charge < -0.3 is 9.64 Å². The Kier molecular flexibility index (Phi) is 3.65. The maximum Gasteiger partial charge on any atom is 0.471 e. The van der Waals surface area contributed by atoms with Gasteiger partial charge in [0.2, 0.25) is 0 Å². The summed E-state index contributed by atoms with van der Waals surface area (Å²) < 4.78 is 43.9. The maximum atomic E-state index is 12.8. The summed E-state index contributed by atoms with van der Waals surface area (Å²) in [6.07, 6.45) is -2.82. The van der Waals surface area contributed by atoms with Crippen LogP contribution in [0, 0.1) is 0 Å². The van der Waals surface area contributed by atoms with Crippen LogP contribution in [-0.2, 0) is 16.1 Å². The van der Waals surface area contributed by atoms with E-state index in [0.29, 0.717) is 18.4 Å². The Bertz CT molecular complexity index is 517. The van der Waals surface area contributed by atoms with Crippen LogP contribution in [0.4, 0.5) is 13.2 Å². The molecule has 3 nitrogen and oxygen atoms in total. The van der Waals surface area contributed by atoms with Gasteiger partial charge in [0, 0.05) is 12.6 Å². The number of carbonyl (C=O) groups excluding carboxylic acids is 1. The lowest BCUT2D eigenvalue weighted by Gasteiger charge is -2.33. The Morgan fingerprint density at radius 3 is 2.52 bits per heavy atom. The first-order valence-corrected chi connectivity index (χ1v) is 7.02. The number of benzene rings is 1. The fraction of sp³-hybridized carbons (Fsp3) is 0.533. The number of rotatable bonds is 3. The number of carbonyl (C=O) groups is 1. The number of hydrogen-bond donors (Lipinski definition) is 0. The van der Waals surface area contributed by atoms with Crippen molar-refractivity contribution in [3.05, 3.63) is 35.9 Å². The van der Waals surface area contributed by atoms with E-state index in [9.17, 15) is 18.0 Å². The van der Waals surface area contributed by atoms with Crippen molar-refractivity contribution < 1.29 is 22.7 Å². The van der Waals surface area contributed by atoms with Crippen LogP contribution in [0.15, 0.2) is 30.3 Å². The first-order valence-electron chi connectivity index (χ1n) is 7.02. The molecule has 1 amide bonds. The molecule has 21 heavy (non-hydrogen) atoms. The average molecular weight is 299 g/mol. The molecule has 1 saturated heterocycles. The summed E-state index contributed by atoms with van der Waals surface area (Å²) in [5, 5.41) is 0. The van der Waals surface area contributed by atoms with Crippen LogP contribution in [0.25, 0.3) is 0 Å². The minimum atomic E-state index is -4.84. The molecule has 0 radical (unpaired) electrons. The fourth-order valence-corrected chi connectivity index (χ4v) is 2.98. The van der Waals surface area contributed by atoms with Crippen molar-refractivity contribution in [2.24, 2.45) is 0 Å². The number of hydrogen-bond acceptors (Lipinski definition) is 2. The van der Waals surface area contributed by atoms with Gasteiger partial charge in [-0.1, -0.05) is 30.3 Å². The molecular weight excluding hydrogens is 283 g/mol. The van der Waals surface area contributed by atoms with E-state index in [1.165, 1.54) is 0 Å². The number of nitrogens with zero attached hydrogens (tertiary/aromatic N) is 1. The molecule has 1 aromatic rings. The summed E-state index contributed by atoms with van der Waals surface area (Å²) in [5.74, 6) is -1.75. The third-order valence-corrected chi connectivity index (χ3v) is 4.12. The maximum absolute atomic E-state index is 12.8. The van der Waals surface area contributed by atoms with Crippen molar-refractivity contribution in [3.8, 4) is 0 Å². The predicted octanol–water partition coefficient (Wildman–Crippen LogP) is 2.90. The van der Waals surface area contributed by atoms with Crippen molar-refractivity contribution in [2.75, 3.05) is 0 Å². The van der Waals surface area contributed by atoms with Gasteiger partial charge >= 0.3 is 12.1 Å². The number of amides is 1. The number of ether oxygens (including phenoxy) is 1. The van der Waals surface area contributed by atoms with E-state index in [2.05, 4.69) is 0 Å². The highest BCUT2D eigenvalue weighted by Crippen LogP contribution is 2.39. The van der Waals surface area contributed by atoms with Gasteiger partial charge in [-0.15, -0.1) is 0 Å². The largest absolute Gasteiger partial charge is 0.471 e. The quantitative estimate of drug-likeness (QED) is 0.804. The first-order chi connectivity index (χ1) is 9.95. The van der Waals surface area contributed by atoms with Gasteiger partial charge in [-0.05, 0) is 24.8 Å². The van der Waals surface area contributed by atoms with Crippen LogP contribution in [0.5, 0.6) is 0 Å². The highest BCUT2D eigenvalue weighted by Gasteiger charge is 2.50. The van der Waals surface area contributed by atoms with Crippen LogP contribution in [0.1, 0.15) is 24.8 Å². The highest BCUT2D eigenvalue weighted by atomic mass is 19.4. The summed E-state index contributed by atoms with van der Waals surface area (Å²) in [6, 6.07) is 8.37. The van der Waals surface area contributed by atoms with Crippen LogP contribution >= 0.6 is 0 Å². The molecule has 0 unspecified atom stereocenters. The van der Waals surface area contributed by atoms with E-state index < -0.39 is 18.1 Å². The summed E-state index contributed by atoms with van der Waals surface area (Å²) >= 11 is 0. The minimum absolute atomic E-state index is 0.0127. The van der Waals surface area contributed by atoms with E-state index in [4.69, 9.17) is 4.74 Å². The Morgan fingerprint density at radius 2 is 1.90 bits per heavy atom. The van der Waals surface area contributed by atoms with E-state index in [1.807, 2.05) is 0 Å².